The molecule has 1 aliphatic heterocycles. The standard InChI is InChI=1S/C15H22FNO3/c1-11-7-17(8-12(2)20-11)9-13(18)10-19-15-6-4-3-5-14(15)16/h3-6,11-13,18H,7-10H2,1-2H3. The third kappa shape index (κ3) is 4.44. The van der Waals surface area contributed by atoms with Gasteiger partial charge >= 0.3 is 0 Å². The molecule has 1 aromatic carbocycles. The van der Waals surface area contributed by atoms with E-state index in [9.17, 15) is 9.50 Å². The highest BCUT2D eigenvalue weighted by atomic mass is 19.1. The molecule has 0 spiro atoms. The average molecular weight is 283 g/mol. The average Bonchev–Trinajstić information content (AvgIpc) is 2.36. The van der Waals surface area contributed by atoms with Crippen LogP contribution in [-0.4, -0.2) is 54.6 Å². The molecule has 1 aliphatic rings. The quantitative estimate of drug-likeness (QED) is 0.892. The minimum absolute atomic E-state index is 0.0844. The Bertz CT molecular complexity index is 419. The SMILES string of the molecule is CC1CN(CC(O)COc2ccccc2F)CC(C)O1. The van der Waals surface area contributed by atoms with E-state index >= 15 is 0 Å². The van der Waals surface area contributed by atoms with E-state index in [-0.39, 0.29) is 24.6 Å². The maximum absolute atomic E-state index is 13.4. The molecule has 3 unspecified atom stereocenters. The van der Waals surface area contributed by atoms with Crippen LogP contribution in [-0.2, 0) is 4.74 Å². The van der Waals surface area contributed by atoms with Crippen LogP contribution < -0.4 is 4.74 Å². The number of β-amino-alcohol motifs (C(OH)–C–C–N with tert-alkyl or cyclic N) is 1. The van der Waals surface area contributed by atoms with Gasteiger partial charge < -0.3 is 14.6 Å². The molecule has 3 atom stereocenters. The smallest absolute Gasteiger partial charge is 0.165 e. The molecule has 0 radical (unpaired) electrons. The predicted molar refractivity (Wildman–Crippen MR) is 74.4 cm³/mol. The Morgan fingerprint density at radius 2 is 2.00 bits per heavy atom. The third-order valence-electron chi connectivity index (χ3n) is 3.23. The van der Waals surface area contributed by atoms with Crippen molar-refractivity contribution in [1.29, 1.82) is 0 Å². The van der Waals surface area contributed by atoms with E-state index in [2.05, 4.69) is 4.90 Å². The summed E-state index contributed by atoms with van der Waals surface area (Å²) in [5, 5.41) is 10.00. The topological polar surface area (TPSA) is 41.9 Å². The first-order chi connectivity index (χ1) is 9.54. The van der Waals surface area contributed by atoms with Crippen molar-refractivity contribution in [3.05, 3.63) is 30.1 Å². The second kappa shape index (κ2) is 7.02. The molecule has 1 N–H and O–H groups in total. The van der Waals surface area contributed by atoms with Crippen molar-refractivity contribution in [2.45, 2.75) is 32.2 Å². The van der Waals surface area contributed by atoms with E-state index in [1.165, 1.54) is 6.07 Å². The van der Waals surface area contributed by atoms with Crippen molar-refractivity contribution in [3.63, 3.8) is 0 Å². The van der Waals surface area contributed by atoms with Crippen LogP contribution in [0.15, 0.2) is 24.3 Å². The number of rotatable bonds is 5. The van der Waals surface area contributed by atoms with Crippen LogP contribution in [0.3, 0.4) is 0 Å². The molecular formula is C15H22FNO3. The predicted octanol–water partition coefficient (Wildman–Crippen LogP) is 1.67. The maximum Gasteiger partial charge on any atom is 0.165 e. The summed E-state index contributed by atoms with van der Waals surface area (Å²) < 4.78 is 24.3. The molecule has 112 valence electrons. The lowest BCUT2D eigenvalue weighted by molar-refractivity contribution is -0.0787. The van der Waals surface area contributed by atoms with Crippen LogP contribution in [0.4, 0.5) is 4.39 Å². The Labute approximate surface area is 119 Å². The van der Waals surface area contributed by atoms with Gasteiger partial charge in [0, 0.05) is 19.6 Å². The number of aliphatic hydroxyl groups excluding tert-OH is 1. The lowest BCUT2D eigenvalue weighted by Crippen LogP contribution is -2.48. The lowest BCUT2D eigenvalue weighted by atomic mass is 10.2. The van der Waals surface area contributed by atoms with E-state index in [4.69, 9.17) is 9.47 Å². The zero-order valence-electron chi connectivity index (χ0n) is 12.0. The lowest BCUT2D eigenvalue weighted by Gasteiger charge is -2.36. The Morgan fingerprint density at radius 3 is 2.65 bits per heavy atom. The number of hydrogen-bond donors (Lipinski definition) is 1. The van der Waals surface area contributed by atoms with E-state index in [0.29, 0.717) is 6.54 Å². The Morgan fingerprint density at radius 1 is 1.35 bits per heavy atom. The second-order valence-corrected chi connectivity index (χ2v) is 5.37. The Kier molecular flexibility index (Phi) is 5.34. The first-order valence-corrected chi connectivity index (χ1v) is 6.98. The van der Waals surface area contributed by atoms with Gasteiger partial charge in [0.2, 0.25) is 0 Å². The zero-order chi connectivity index (χ0) is 14.5. The summed E-state index contributed by atoms with van der Waals surface area (Å²) in [5.41, 5.74) is 0. The number of benzene rings is 1. The number of para-hydroxylation sites is 1. The largest absolute Gasteiger partial charge is 0.488 e. The van der Waals surface area contributed by atoms with Crippen LogP contribution in [0, 0.1) is 5.82 Å². The maximum atomic E-state index is 13.4. The molecule has 1 aromatic rings. The van der Waals surface area contributed by atoms with Crippen LogP contribution in [0.1, 0.15) is 13.8 Å². The van der Waals surface area contributed by atoms with Gasteiger partial charge in [0.05, 0.1) is 12.2 Å². The number of ether oxygens (including phenoxy) is 2. The molecular weight excluding hydrogens is 261 g/mol. The summed E-state index contributed by atoms with van der Waals surface area (Å²) in [4.78, 5) is 2.15. The van der Waals surface area contributed by atoms with Gasteiger partial charge in [0.1, 0.15) is 12.7 Å². The molecule has 2 rings (SSSR count). The zero-order valence-corrected chi connectivity index (χ0v) is 12.0. The van der Waals surface area contributed by atoms with Gasteiger partial charge in [-0.15, -0.1) is 0 Å². The summed E-state index contributed by atoms with van der Waals surface area (Å²) in [6.07, 6.45) is -0.316. The molecule has 0 bridgehead atoms. The monoisotopic (exact) mass is 283 g/mol. The van der Waals surface area contributed by atoms with Gasteiger partial charge in [-0.2, -0.15) is 0 Å². The summed E-state index contributed by atoms with van der Waals surface area (Å²) in [6.45, 7) is 6.21. The molecule has 5 heteroatoms. The highest BCUT2D eigenvalue weighted by Gasteiger charge is 2.24. The first kappa shape index (κ1) is 15.2. The van der Waals surface area contributed by atoms with Crippen LogP contribution in [0.5, 0.6) is 5.75 Å². The fraction of sp³-hybridized carbons (Fsp3) is 0.600. The van der Waals surface area contributed by atoms with Crippen LogP contribution in [0.2, 0.25) is 0 Å². The molecule has 1 heterocycles. The van der Waals surface area contributed by atoms with E-state index in [0.717, 1.165) is 13.1 Å². The first-order valence-electron chi connectivity index (χ1n) is 6.98. The normalized spacial score (nSPS) is 25.4. The number of morpholine rings is 1. The molecule has 0 aromatic heterocycles. The van der Waals surface area contributed by atoms with Gasteiger partial charge in [-0.25, -0.2) is 4.39 Å². The van der Waals surface area contributed by atoms with Gasteiger partial charge in [0.15, 0.2) is 11.6 Å². The summed E-state index contributed by atoms with van der Waals surface area (Å²) in [6, 6.07) is 6.21. The Hall–Kier alpha value is -1.17. The second-order valence-electron chi connectivity index (χ2n) is 5.37. The van der Waals surface area contributed by atoms with Crippen molar-refractivity contribution >= 4 is 0 Å². The van der Waals surface area contributed by atoms with Crippen LogP contribution in [0.25, 0.3) is 0 Å². The van der Waals surface area contributed by atoms with Crippen molar-refractivity contribution in [2.24, 2.45) is 0 Å². The summed E-state index contributed by atoms with van der Waals surface area (Å²) in [7, 11) is 0. The molecule has 0 amide bonds. The number of nitrogens with zero attached hydrogens (tertiary/aromatic N) is 1. The minimum Gasteiger partial charge on any atom is -0.488 e. The number of halogens is 1. The molecule has 0 saturated carbocycles. The van der Waals surface area contributed by atoms with Gasteiger partial charge in [0.25, 0.3) is 0 Å². The minimum atomic E-state index is -0.646. The van der Waals surface area contributed by atoms with Gasteiger partial charge in [-0.3, -0.25) is 4.90 Å². The summed E-state index contributed by atoms with van der Waals surface area (Å²) in [5.74, 6) is -0.233. The molecule has 1 fully saturated rings. The highest BCUT2D eigenvalue weighted by Crippen LogP contribution is 2.16. The molecule has 20 heavy (non-hydrogen) atoms. The van der Waals surface area contributed by atoms with Crippen LogP contribution >= 0.6 is 0 Å². The Balaban J connectivity index is 1.78. The molecule has 0 aliphatic carbocycles. The van der Waals surface area contributed by atoms with Crippen molar-refractivity contribution in [2.75, 3.05) is 26.2 Å². The van der Waals surface area contributed by atoms with Crippen molar-refractivity contribution in [3.8, 4) is 5.75 Å². The van der Waals surface area contributed by atoms with Gasteiger partial charge in [-0.1, -0.05) is 12.1 Å². The molecule has 1 saturated heterocycles. The number of aliphatic hydroxyl groups is 1. The van der Waals surface area contributed by atoms with Crippen molar-refractivity contribution < 1.29 is 19.0 Å². The van der Waals surface area contributed by atoms with E-state index in [1.807, 2.05) is 13.8 Å². The highest BCUT2D eigenvalue weighted by molar-refractivity contribution is 5.23. The van der Waals surface area contributed by atoms with Gasteiger partial charge in [-0.05, 0) is 26.0 Å². The summed E-state index contributed by atoms with van der Waals surface area (Å²) >= 11 is 0. The number of hydrogen-bond acceptors (Lipinski definition) is 4. The van der Waals surface area contributed by atoms with E-state index in [1.54, 1.807) is 18.2 Å². The van der Waals surface area contributed by atoms with Crippen molar-refractivity contribution in [1.82, 2.24) is 4.90 Å². The molecule has 4 nitrogen and oxygen atoms in total. The fourth-order valence-electron chi connectivity index (χ4n) is 2.53. The third-order valence-corrected chi connectivity index (χ3v) is 3.23. The van der Waals surface area contributed by atoms with E-state index < -0.39 is 11.9 Å². The fourth-order valence-corrected chi connectivity index (χ4v) is 2.53.